The van der Waals surface area contributed by atoms with Gasteiger partial charge in [0.2, 0.25) is 11.8 Å². The van der Waals surface area contributed by atoms with Crippen LogP contribution in [0.5, 0.6) is 0 Å². The highest BCUT2D eigenvalue weighted by Gasteiger charge is 2.20. The van der Waals surface area contributed by atoms with Gasteiger partial charge < -0.3 is 16.6 Å². The second-order valence-electron chi connectivity index (χ2n) is 7.71. The first-order valence-electron chi connectivity index (χ1n) is 11.3. The van der Waals surface area contributed by atoms with E-state index in [-0.39, 0.29) is 17.6 Å². The van der Waals surface area contributed by atoms with Crippen molar-refractivity contribution in [3.63, 3.8) is 0 Å². The molecule has 2 atom stereocenters. The minimum absolute atomic E-state index is 0.247. The summed E-state index contributed by atoms with van der Waals surface area (Å²) in [6, 6.07) is 6.70. The van der Waals surface area contributed by atoms with E-state index in [4.69, 9.17) is 11.5 Å². The Morgan fingerprint density at radius 3 is 2.45 bits per heavy atom. The van der Waals surface area contributed by atoms with Gasteiger partial charge in [-0.05, 0) is 30.5 Å². The molecule has 0 aliphatic heterocycles. The molecule has 0 aliphatic carbocycles. The van der Waals surface area contributed by atoms with E-state index in [0.29, 0.717) is 16.9 Å². The summed E-state index contributed by atoms with van der Waals surface area (Å²) in [4.78, 5) is 22.5. The van der Waals surface area contributed by atoms with E-state index in [9.17, 15) is 14.7 Å². The molecule has 1 aromatic carbocycles. The monoisotopic (exact) mass is 446 g/mol. The summed E-state index contributed by atoms with van der Waals surface area (Å²) < 4.78 is 0. The lowest BCUT2D eigenvalue weighted by Crippen LogP contribution is -2.17. The van der Waals surface area contributed by atoms with Crippen molar-refractivity contribution in [2.45, 2.75) is 76.1 Å². The summed E-state index contributed by atoms with van der Waals surface area (Å²) in [6.45, 7) is 2.23. The maximum atomic E-state index is 11.4. The molecule has 0 heterocycles. The number of hydrogen-bond donors (Lipinski definition) is 3. The van der Waals surface area contributed by atoms with Gasteiger partial charge in [0.1, 0.15) is 0 Å². The van der Waals surface area contributed by atoms with Crippen LogP contribution in [0.1, 0.15) is 86.7 Å². The van der Waals surface area contributed by atoms with E-state index in [0.717, 1.165) is 6.42 Å². The lowest BCUT2D eigenvalue weighted by Gasteiger charge is -2.20. The molecule has 2 amide bonds. The fraction of sp³-hybridized carbons (Fsp3) is 0.520. The predicted octanol–water partition coefficient (Wildman–Crippen LogP) is 5.05. The third kappa shape index (κ3) is 12.4. The lowest BCUT2D eigenvalue weighted by atomic mass is 10.0. The van der Waals surface area contributed by atoms with Gasteiger partial charge in [-0.2, -0.15) is 11.8 Å². The lowest BCUT2D eigenvalue weighted by molar-refractivity contribution is -0.117. The molecule has 0 fully saturated rings. The Labute approximate surface area is 191 Å². The SMILES string of the molecule is CCCCCCCCC/C=C/C=C/[C@@H](SCCC(N)=O)[C@@H](O)c1cccc(C(N)=O)c1. The van der Waals surface area contributed by atoms with Crippen molar-refractivity contribution in [2.75, 3.05) is 5.75 Å². The molecule has 0 radical (unpaired) electrons. The second-order valence-corrected chi connectivity index (χ2v) is 9.00. The van der Waals surface area contributed by atoms with Gasteiger partial charge in [0, 0.05) is 17.7 Å². The van der Waals surface area contributed by atoms with Gasteiger partial charge in [0.15, 0.2) is 0 Å². The Hall–Kier alpha value is -2.05. The van der Waals surface area contributed by atoms with Crippen molar-refractivity contribution in [3.8, 4) is 0 Å². The normalized spacial score (nSPS) is 13.6. The predicted molar refractivity (Wildman–Crippen MR) is 131 cm³/mol. The molecule has 172 valence electrons. The number of aliphatic hydroxyl groups excluding tert-OH is 1. The Balaban J connectivity index is 2.59. The molecule has 5 nitrogen and oxygen atoms in total. The van der Waals surface area contributed by atoms with Gasteiger partial charge in [-0.3, -0.25) is 9.59 Å². The molecule has 5 N–H and O–H groups in total. The van der Waals surface area contributed by atoms with Crippen molar-refractivity contribution >= 4 is 23.6 Å². The maximum absolute atomic E-state index is 11.4. The van der Waals surface area contributed by atoms with Crippen LogP contribution < -0.4 is 11.5 Å². The van der Waals surface area contributed by atoms with Gasteiger partial charge in [0.25, 0.3) is 0 Å². The van der Waals surface area contributed by atoms with Gasteiger partial charge in [0.05, 0.1) is 11.4 Å². The molecule has 0 bridgehead atoms. The highest BCUT2D eigenvalue weighted by Crippen LogP contribution is 2.29. The number of carbonyl (C=O) groups is 2. The second kappa shape index (κ2) is 16.6. The zero-order valence-corrected chi connectivity index (χ0v) is 19.5. The van der Waals surface area contributed by atoms with Gasteiger partial charge >= 0.3 is 0 Å². The molecule has 6 heteroatoms. The van der Waals surface area contributed by atoms with Gasteiger partial charge in [-0.1, -0.05) is 81.9 Å². The molecule has 0 spiro atoms. The molecule has 1 aromatic rings. The topological polar surface area (TPSA) is 106 Å². The quantitative estimate of drug-likeness (QED) is 0.230. The van der Waals surface area contributed by atoms with Crippen molar-refractivity contribution in [2.24, 2.45) is 11.5 Å². The number of primary amides is 2. The van der Waals surface area contributed by atoms with Crippen LogP contribution in [0, 0.1) is 0 Å². The number of amides is 2. The van der Waals surface area contributed by atoms with E-state index in [1.54, 1.807) is 24.3 Å². The van der Waals surface area contributed by atoms with Crippen LogP contribution in [-0.4, -0.2) is 27.9 Å². The van der Waals surface area contributed by atoms with Crippen LogP contribution in [0.25, 0.3) is 0 Å². The first-order chi connectivity index (χ1) is 15.0. The molecular formula is C25H38N2O3S. The smallest absolute Gasteiger partial charge is 0.248 e. The van der Waals surface area contributed by atoms with E-state index < -0.39 is 12.0 Å². The first kappa shape index (κ1) is 27.0. The standard InChI is InChI=1S/C25H38N2O3S/c1-2-3-4-5-6-7-8-9-10-11-12-16-22(31-18-17-23(26)28)24(29)20-14-13-15-21(19-20)25(27)30/h10-16,19,22,24,29H,2-9,17-18H2,1H3,(H2,26,28)(H2,27,30)/b11-10+,16-12+/t22-,24+/m1/s1. The summed E-state index contributed by atoms with van der Waals surface area (Å²) in [5.74, 6) is -0.385. The number of unbranched alkanes of at least 4 members (excludes halogenated alkanes) is 7. The number of thioether (sulfide) groups is 1. The van der Waals surface area contributed by atoms with E-state index in [1.165, 1.54) is 56.7 Å². The van der Waals surface area contributed by atoms with Crippen LogP contribution in [-0.2, 0) is 4.79 Å². The Morgan fingerprint density at radius 2 is 1.77 bits per heavy atom. The average Bonchev–Trinajstić information content (AvgIpc) is 2.75. The zero-order chi connectivity index (χ0) is 22.9. The molecule has 0 aromatic heterocycles. The largest absolute Gasteiger partial charge is 0.387 e. The van der Waals surface area contributed by atoms with Gasteiger partial charge in [-0.25, -0.2) is 0 Å². The highest BCUT2D eigenvalue weighted by atomic mass is 32.2. The summed E-state index contributed by atoms with van der Waals surface area (Å²) >= 11 is 1.46. The number of benzene rings is 1. The third-order valence-electron chi connectivity index (χ3n) is 5.00. The summed E-state index contributed by atoms with van der Waals surface area (Å²) in [5, 5.41) is 10.6. The fourth-order valence-corrected chi connectivity index (χ4v) is 4.31. The van der Waals surface area contributed by atoms with Crippen LogP contribution in [0.2, 0.25) is 0 Å². The number of rotatable bonds is 17. The van der Waals surface area contributed by atoms with Crippen LogP contribution >= 0.6 is 11.8 Å². The number of nitrogens with two attached hydrogens (primary N) is 2. The minimum atomic E-state index is -0.829. The van der Waals surface area contributed by atoms with Crippen LogP contribution in [0.15, 0.2) is 48.6 Å². The fourth-order valence-electron chi connectivity index (χ4n) is 3.18. The number of aliphatic hydroxyl groups is 1. The zero-order valence-electron chi connectivity index (χ0n) is 18.7. The molecule has 0 unspecified atom stereocenters. The molecule has 1 rings (SSSR count). The maximum Gasteiger partial charge on any atom is 0.248 e. The summed E-state index contributed by atoms with van der Waals surface area (Å²) in [7, 11) is 0. The average molecular weight is 447 g/mol. The molecule has 0 aliphatic rings. The highest BCUT2D eigenvalue weighted by molar-refractivity contribution is 8.00. The van der Waals surface area contributed by atoms with E-state index >= 15 is 0 Å². The molecule has 0 saturated carbocycles. The first-order valence-corrected chi connectivity index (χ1v) is 12.3. The Bertz CT molecular complexity index is 718. The van der Waals surface area contributed by atoms with Crippen LogP contribution in [0.3, 0.4) is 0 Å². The Kier molecular flexibility index (Phi) is 14.5. The third-order valence-corrected chi connectivity index (χ3v) is 6.24. The Morgan fingerprint density at radius 1 is 1.06 bits per heavy atom. The summed E-state index contributed by atoms with van der Waals surface area (Å²) in [6.07, 6.45) is 17.5. The van der Waals surface area contributed by atoms with Crippen LogP contribution in [0.4, 0.5) is 0 Å². The van der Waals surface area contributed by atoms with Crippen molar-refractivity contribution < 1.29 is 14.7 Å². The molecule has 31 heavy (non-hydrogen) atoms. The van der Waals surface area contributed by atoms with Crippen molar-refractivity contribution in [3.05, 3.63) is 59.7 Å². The molecule has 0 saturated heterocycles. The number of allylic oxidation sites excluding steroid dienone is 3. The van der Waals surface area contributed by atoms with Crippen molar-refractivity contribution in [1.29, 1.82) is 0 Å². The molecular weight excluding hydrogens is 408 g/mol. The minimum Gasteiger partial charge on any atom is -0.387 e. The number of carbonyl (C=O) groups excluding carboxylic acids is 2. The van der Waals surface area contributed by atoms with Crippen molar-refractivity contribution in [1.82, 2.24) is 0 Å². The van der Waals surface area contributed by atoms with E-state index in [2.05, 4.69) is 13.0 Å². The summed E-state index contributed by atoms with van der Waals surface area (Å²) in [5.41, 5.74) is 11.6. The van der Waals surface area contributed by atoms with E-state index in [1.807, 2.05) is 18.2 Å². The van der Waals surface area contributed by atoms with Gasteiger partial charge in [-0.15, -0.1) is 0 Å². The number of hydrogen-bond acceptors (Lipinski definition) is 4.